The molecule has 0 unspecified atom stereocenters. The van der Waals surface area contributed by atoms with Crippen molar-refractivity contribution in [1.29, 1.82) is 0 Å². The maximum absolute atomic E-state index is 12.9. The van der Waals surface area contributed by atoms with Crippen LogP contribution in [0.25, 0.3) is 17.1 Å². The fraction of sp³-hybridized carbons (Fsp3) is 0.286. The molecule has 0 radical (unpaired) electrons. The van der Waals surface area contributed by atoms with Gasteiger partial charge in [0, 0.05) is 6.54 Å². The number of alkyl halides is 2. The molecular weight excluding hydrogens is 412 g/mol. The first-order chi connectivity index (χ1) is 14.4. The summed E-state index contributed by atoms with van der Waals surface area (Å²) in [5.74, 6) is 0.716. The first kappa shape index (κ1) is 20.5. The van der Waals surface area contributed by atoms with E-state index < -0.39 is 16.6 Å². The average Bonchev–Trinajstić information content (AvgIpc) is 3.09. The highest BCUT2D eigenvalue weighted by Crippen LogP contribution is 2.30. The van der Waals surface area contributed by atoms with E-state index in [1.807, 2.05) is 35.8 Å². The quantitative estimate of drug-likeness (QED) is 0.610. The molecule has 4 rings (SSSR count). The normalized spacial score (nSPS) is 14.1. The average molecular weight is 433 g/mol. The predicted molar refractivity (Wildman–Crippen MR) is 111 cm³/mol. The number of fused-ring (bicyclic) bond motifs is 2. The molecule has 0 bridgehead atoms. The zero-order valence-corrected chi connectivity index (χ0v) is 17.1. The molecule has 1 aliphatic carbocycles. The molecule has 3 aromatic rings. The van der Waals surface area contributed by atoms with Crippen LogP contribution in [-0.4, -0.2) is 24.6 Å². The largest absolute Gasteiger partial charge is 0.435 e. The van der Waals surface area contributed by atoms with Crippen molar-refractivity contribution in [3.05, 3.63) is 64.3 Å². The molecule has 158 valence electrons. The van der Waals surface area contributed by atoms with Crippen molar-refractivity contribution in [1.82, 2.24) is 14.3 Å². The number of ether oxygens (including phenoxy) is 1. The zero-order valence-electron chi connectivity index (χ0n) is 16.3. The number of imidazole rings is 1. The van der Waals surface area contributed by atoms with Crippen molar-refractivity contribution in [2.24, 2.45) is 0 Å². The second-order valence-electron chi connectivity index (χ2n) is 6.94. The first-order valence-corrected chi connectivity index (χ1v) is 11.1. The van der Waals surface area contributed by atoms with Crippen molar-refractivity contribution in [3.8, 4) is 5.75 Å². The summed E-state index contributed by atoms with van der Waals surface area (Å²) in [7, 11) is -3.71. The first-order valence-electron chi connectivity index (χ1n) is 9.59. The van der Waals surface area contributed by atoms with Gasteiger partial charge in [-0.1, -0.05) is 18.2 Å². The number of benzene rings is 2. The Kier molecular flexibility index (Phi) is 5.57. The van der Waals surface area contributed by atoms with Crippen LogP contribution in [-0.2, 0) is 29.5 Å². The number of sulfonamides is 1. The summed E-state index contributed by atoms with van der Waals surface area (Å²) in [5.41, 5.74) is 3.24. The maximum atomic E-state index is 12.9. The summed E-state index contributed by atoms with van der Waals surface area (Å²) in [4.78, 5) is 4.80. The Morgan fingerprint density at radius 3 is 2.77 bits per heavy atom. The molecule has 1 N–H and O–H groups in total. The van der Waals surface area contributed by atoms with Gasteiger partial charge in [0.2, 0.25) is 10.0 Å². The van der Waals surface area contributed by atoms with E-state index in [1.165, 1.54) is 12.1 Å². The number of nitrogens with zero attached hydrogens (tertiary/aromatic N) is 2. The number of hydrogen-bond donors (Lipinski definition) is 1. The van der Waals surface area contributed by atoms with Gasteiger partial charge in [0.25, 0.3) is 0 Å². The summed E-state index contributed by atoms with van der Waals surface area (Å²) in [6.07, 6.45) is 2.29. The highest BCUT2D eigenvalue weighted by atomic mass is 32.2. The predicted octanol–water partition coefficient (Wildman–Crippen LogP) is 4.06. The van der Waals surface area contributed by atoms with Crippen LogP contribution in [0.2, 0.25) is 0 Å². The molecule has 0 amide bonds. The van der Waals surface area contributed by atoms with Crippen molar-refractivity contribution >= 4 is 27.1 Å². The van der Waals surface area contributed by atoms with Crippen LogP contribution in [0.15, 0.2) is 47.4 Å². The Labute approximate surface area is 173 Å². The topological polar surface area (TPSA) is 73.2 Å². The highest BCUT2D eigenvalue weighted by molar-refractivity contribution is 7.93. The second kappa shape index (κ2) is 8.16. The van der Waals surface area contributed by atoms with Gasteiger partial charge in [-0.05, 0) is 61.2 Å². The van der Waals surface area contributed by atoms with Crippen LogP contribution in [0.3, 0.4) is 0 Å². The third kappa shape index (κ3) is 4.08. The van der Waals surface area contributed by atoms with Gasteiger partial charge in [-0.15, -0.1) is 0 Å². The number of aryl methyl sites for hydroxylation is 2. The number of allylic oxidation sites excluding steroid dienone is 1. The lowest BCUT2D eigenvalue weighted by Gasteiger charge is -2.18. The van der Waals surface area contributed by atoms with E-state index in [1.54, 1.807) is 12.1 Å². The van der Waals surface area contributed by atoms with E-state index in [2.05, 4.69) is 14.4 Å². The van der Waals surface area contributed by atoms with Gasteiger partial charge in [0.1, 0.15) is 11.6 Å². The summed E-state index contributed by atoms with van der Waals surface area (Å²) in [6, 6.07) is 12.2. The van der Waals surface area contributed by atoms with Gasteiger partial charge in [-0.3, -0.25) is 0 Å². The number of aromatic nitrogens is 2. The monoisotopic (exact) mass is 433 g/mol. The lowest BCUT2D eigenvalue weighted by molar-refractivity contribution is -0.0498. The number of rotatable bonds is 7. The summed E-state index contributed by atoms with van der Waals surface area (Å²) in [6.45, 7) is -0.152. The highest BCUT2D eigenvalue weighted by Gasteiger charge is 2.23. The molecular formula is C21H21F2N3O3S. The van der Waals surface area contributed by atoms with E-state index in [-0.39, 0.29) is 23.6 Å². The Hall–Kier alpha value is -2.78. The minimum absolute atomic E-state index is 0.0695. The number of halogens is 2. The molecule has 1 aliphatic rings. The van der Waals surface area contributed by atoms with Crippen LogP contribution in [0.5, 0.6) is 5.75 Å². The van der Waals surface area contributed by atoms with E-state index in [0.717, 1.165) is 16.6 Å². The van der Waals surface area contributed by atoms with Gasteiger partial charge in [0.05, 0.1) is 22.5 Å². The van der Waals surface area contributed by atoms with E-state index in [9.17, 15) is 17.2 Å². The summed E-state index contributed by atoms with van der Waals surface area (Å²) < 4.78 is 59.5. The van der Waals surface area contributed by atoms with Gasteiger partial charge >= 0.3 is 6.61 Å². The van der Waals surface area contributed by atoms with Crippen molar-refractivity contribution < 1.29 is 21.9 Å². The molecule has 0 spiro atoms. The van der Waals surface area contributed by atoms with Crippen LogP contribution < -0.4 is 9.46 Å². The molecule has 0 atom stereocenters. The Balaban J connectivity index is 1.54. The molecule has 1 heterocycles. The fourth-order valence-electron chi connectivity index (χ4n) is 3.70. The molecule has 30 heavy (non-hydrogen) atoms. The van der Waals surface area contributed by atoms with Crippen LogP contribution in [0, 0.1) is 0 Å². The van der Waals surface area contributed by atoms with Crippen LogP contribution in [0.4, 0.5) is 8.78 Å². The van der Waals surface area contributed by atoms with Crippen molar-refractivity contribution in [3.63, 3.8) is 0 Å². The Morgan fingerprint density at radius 1 is 1.20 bits per heavy atom. The fourth-order valence-corrected chi connectivity index (χ4v) is 4.85. The Bertz CT molecular complexity index is 1220. The summed E-state index contributed by atoms with van der Waals surface area (Å²) >= 11 is 0. The van der Waals surface area contributed by atoms with E-state index in [4.69, 9.17) is 0 Å². The smallest absolute Gasteiger partial charge is 0.387 e. The third-order valence-electron chi connectivity index (χ3n) is 5.11. The number of hydrogen-bond acceptors (Lipinski definition) is 4. The second-order valence-corrected chi connectivity index (χ2v) is 8.76. The Morgan fingerprint density at radius 2 is 2.00 bits per heavy atom. The minimum atomic E-state index is -3.71. The number of nitrogens with one attached hydrogen (secondary N) is 1. The van der Waals surface area contributed by atoms with Gasteiger partial charge < -0.3 is 9.30 Å². The summed E-state index contributed by atoms with van der Waals surface area (Å²) in [5, 5.41) is 0. The molecule has 0 saturated heterocycles. The molecule has 6 nitrogen and oxygen atoms in total. The van der Waals surface area contributed by atoms with Crippen molar-refractivity contribution in [2.45, 2.75) is 39.5 Å². The molecule has 0 fully saturated rings. The standard InChI is InChI=1S/C21H21F2N3O3S/c1-2-26-19-6-4-3-5-18(19)25-20(26)13-24-30(27,28)17-10-8-14-11-16(29-21(22)23)9-7-15(14)12-17/h3-7,9,11-12,21,24H,2,8,10,13H2,1H3. The van der Waals surface area contributed by atoms with E-state index >= 15 is 0 Å². The lowest BCUT2D eigenvalue weighted by Crippen LogP contribution is -2.27. The lowest BCUT2D eigenvalue weighted by atomic mass is 9.97. The van der Waals surface area contributed by atoms with Crippen molar-refractivity contribution in [2.75, 3.05) is 0 Å². The van der Waals surface area contributed by atoms with Gasteiger partial charge in [-0.25, -0.2) is 18.1 Å². The van der Waals surface area contributed by atoms with Crippen LogP contribution >= 0.6 is 0 Å². The molecule has 0 aliphatic heterocycles. The molecule has 9 heteroatoms. The van der Waals surface area contributed by atoms with E-state index in [0.29, 0.717) is 24.4 Å². The maximum Gasteiger partial charge on any atom is 0.387 e. The van der Waals surface area contributed by atoms with Gasteiger partial charge in [-0.2, -0.15) is 8.78 Å². The van der Waals surface area contributed by atoms with Gasteiger partial charge in [0.15, 0.2) is 0 Å². The molecule has 1 aromatic heterocycles. The third-order valence-corrected chi connectivity index (χ3v) is 6.65. The molecule has 0 saturated carbocycles. The zero-order chi connectivity index (χ0) is 21.3. The number of para-hydroxylation sites is 2. The molecule has 2 aromatic carbocycles. The minimum Gasteiger partial charge on any atom is -0.435 e. The SMILES string of the molecule is CCn1c(CNS(=O)(=O)C2=Cc3ccc(OC(F)F)cc3CC2)nc2ccccc21. The van der Waals surface area contributed by atoms with Crippen LogP contribution in [0.1, 0.15) is 30.3 Å².